The minimum Gasteiger partial charge on any atom is -0.394 e. The van der Waals surface area contributed by atoms with Crippen LogP contribution in [0.3, 0.4) is 0 Å². The van der Waals surface area contributed by atoms with Gasteiger partial charge in [-0.05, 0) is 25.3 Å². The second-order valence-electron chi connectivity index (χ2n) is 5.45. The molecule has 1 aliphatic rings. The number of carbonyl (C=O) groups is 1. The van der Waals surface area contributed by atoms with Crippen LogP contribution in [-0.2, 0) is 13.5 Å². The number of aliphatic hydroxyl groups excluding tert-OH is 1. The Bertz CT molecular complexity index is 448. The number of aromatic nitrogens is 2. The Hall–Kier alpha value is -1.36. The van der Waals surface area contributed by atoms with Crippen LogP contribution in [0.2, 0.25) is 0 Å². The number of hydrogen-bond acceptors (Lipinski definition) is 3. The molecule has 0 atom stereocenters. The summed E-state index contributed by atoms with van der Waals surface area (Å²) in [4.78, 5) is 12.3. The highest BCUT2D eigenvalue weighted by atomic mass is 16.3. The molecule has 1 heterocycles. The molecule has 0 aliphatic heterocycles. The fraction of sp³-hybridized carbons (Fsp3) is 0.714. The molecule has 0 aromatic carbocycles. The van der Waals surface area contributed by atoms with Crippen molar-refractivity contribution in [1.29, 1.82) is 0 Å². The van der Waals surface area contributed by atoms with Crippen molar-refractivity contribution in [2.45, 2.75) is 51.0 Å². The number of aryl methyl sites for hydroxylation is 2. The first-order valence-corrected chi connectivity index (χ1v) is 7.06. The van der Waals surface area contributed by atoms with Gasteiger partial charge >= 0.3 is 0 Å². The van der Waals surface area contributed by atoms with Crippen molar-refractivity contribution in [2.75, 3.05) is 6.61 Å². The third kappa shape index (κ3) is 2.97. The standard InChI is InChI=1S/C14H23N3O2/c1-3-11-9-12(17(2)16-11)13(19)15-14(10-18)7-5-4-6-8-14/h9,18H,3-8,10H2,1-2H3,(H,15,19). The zero-order valence-electron chi connectivity index (χ0n) is 11.8. The van der Waals surface area contributed by atoms with Crippen LogP contribution in [0.5, 0.6) is 0 Å². The van der Waals surface area contributed by atoms with Crippen molar-refractivity contribution in [3.63, 3.8) is 0 Å². The summed E-state index contributed by atoms with van der Waals surface area (Å²) >= 11 is 0. The van der Waals surface area contributed by atoms with E-state index in [9.17, 15) is 9.90 Å². The van der Waals surface area contributed by atoms with Crippen LogP contribution in [0.15, 0.2) is 6.07 Å². The summed E-state index contributed by atoms with van der Waals surface area (Å²) in [5.74, 6) is -0.134. The molecule has 2 rings (SSSR count). The van der Waals surface area contributed by atoms with Gasteiger partial charge in [0.15, 0.2) is 0 Å². The van der Waals surface area contributed by atoms with E-state index in [-0.39, 0.29) is 12.5 Å². The average Bonchev–Trinajstić information content (AvgIpc) is 2.81. The van der Waals surface area contributed by atoms with Gasteiger partial charge in [-0.2, -0.15) is 5.10 Å². The summed E-state index contributed by atoms with van der Waals surface area (Å²) in [5, 5.41) is 16.9. The summed E-state index contributed by atoms with van der Waals surface area (Å²) < 4.78 is 1.61. The second-order valence-corrected chi connectivity index (χ2v) is 5.45. The van der Waals surface area contributed by atoms with Gasteiger partial charge < -0.3 is 10.4 Å². The van der Waals surface area contributed by atoms with Crippen molar-refractivity contribution in [3.05, 3.63) is 17.5 Å². The molecule has 1 fully saturated rings. The smallest absolute Gasteiger partial charge is 0.270 e. The zero-order chi connectivity index (χ0) is 13.9. The van der Waals surface area contributed by atoms with E-state index in [0.717, 1.165) is 37.8 Å². The molecule has 1 aliphatic carbocycles. The Labute approximate surface area is 114 Å². The van der Waals surface area contributed by atoms with E-state index in [1.165, 1.54) is 6.42 Å². The van der Waals surface area contributed by atoms with Crippen LogP contribution in [-0.4, -0.2) is 32.9 Å². The van der Waals surface area contributed by atoms with Gasteiger partial charge in [0, 0.05) is 7.05 Å². The fourth-order valence-corrected chi connectivity index (χ4v) is 2.77. The van der Waals surface area contributed by atoms with Crippen molar-refractivity contribution >= 4 is 5.91 Å². The number of rotatable bonds is 4. The number of nitrogens with one attached hydrogen (secondary N) is 1. The Morgan fingerprint density at radius 1 is 1.47 bits per heavy atom. The average molecular weight is 265 g/mol. The van der Waals surface area contributed by atoms with Gasteiger partial charge in [-0.1, -0.05) is 26.2 Å². The molecule has 0 unspecified atom stereocenters. The van der Waals surface area contributed by atoms with Crippen LogP contribution in [0.4, 0.5) is 0 Å². The summed E-state index contributed by atoms with van der Waals surface area (Å²) in [7, 11) is 1.78. The predicted molar refractivity (Wildman–Crippen MR) is 73.0 cm³/mol. The monoisotopic (exact) mass is 265 g/mol. The van der Waals surface area contributed by atoms with Crippen LogP contribution < -0.4 is 5.32 Å². The molecule has 19 heavy (non-hydrogen) atoms. The Balaban J connectivity index is 2.12. The van der Waals surface area contributed by atoms with E-state index in [2.05, 4.69) is 10.4 Å². The van der Waals surface area contributed by atoms with Gasteiger partial charge in [0.25, 0.3) is 5.91 Å². The third-order valence-electron chi connectivity index (χ3n) is 4.02. The van der Waals surface area contributed by atoms with E-state index in [4.69, 9.17) is 0 Å². The van der Waals surface area contributed by atoms with Crippen LogP contribution in [0.25, 0.3) is 0 Å². The summed E-state index contributed by atoms with van der Waals surface area (Å²) in [5.41, 5.74) is 1.04. The van der Waals surface area contributed by atoms with Crippen LogP contribution in [0, 0.1) is 0 Å². The summed E-state index contributed by atoms with van der Waals surface area (Å²) in [6.07, 6.45) is 5.83. The van der Waals surface area contributed by atoms with Gasteiger partial charge in [-0.3, -0.25) is 9.48 Å². The SMILES string of the molecule is CCc1cc(C(=O)NC2(CO)CCCCC2)n(C)n1. The zero-order valence-corrected chi connectivity index (χ0v) is 11.8. The number of hydrogen-bond donors (Lipinski definition) is 2. The molecule has 1 amide bonds. The number of aliphatic hydroxyl groups is 1. The first kappa shape index (κ1) is 14.1. The second kappa shape index (κ2) is 5.74. The van der Waals surface area contributed by atoms with Crippen molar-refractivity contribution in [2.24, 2.45) is 7.05 Å². The number of amides is 1. The molecule has 5 heteroatoms. The van der Waals surface area contributed by atoms with Crippen molar-refractivity contribution in [1.82, 2.24) is 15.1 Å². The number of carbonyl (C=O) groups excluding carboxylic acids is 1. The lowest BCUT2D eigenvalue weighted by Crippen LogP contribution is -2.52. The summed E-state index contributed by atoms with van der Waals surface area (Å²) in [6, 6.07) is 1.82. The van der Waals surface area contributed by atoms with E-state index in [0.29, 0.717) is 5.69 Å². The van der Waals surface area contributed by atoms with Gasteiger partial charge in [0.1, 0.15) is 5.69 Å². The van der Waals surface area contributed by atoms with Crippen molar-refractivity contribution in [3.8, 4) is 0 Å². The lowest BCUT2D eigenvalue weighted by atomic mass is 9.82. The minimum atomic E-state index is -0.439. The molecule has 0 spiro atoms. The van der Waals surface area contributed by atoms with E-state index in [1.807, 2.05) is 13.0 Å². The molecule has 2 N–H and O–H groups in total. The molecular formula is C14H23N3O2. The maximum atomic E-state index is 12.3. The normalized spacial score (nSPS) is 18.3. The predicted octanol–water partition coefficient (Wildman–Crippen LogP) is 1.41. The molecule has 5 nitrogen and oxygen atoms in total. The van der Waals surface area contributed by atoms with Crippen LogP contribution in [0.1, 0.15) is 55.2 Å². The molecule has 1 saturated carbocycles. The van der Waals surface area contributed by atoms with E-state index in [1.54, 1.807) is 11.7 Å². The molecule has 106 valence electrons. The highest BCUT2D eigenvalue weighted by molar-refractivity contribution is 5.93. The Kier molecular flexibility index (Phi) is 4.24. The molecule has 1 aromatic heterocycles. The van der Waals surface area contributed by atoms with E-state index >= 15 is 0 Å². The topological polar surface area (TPSA) is 67.2 Å². The molecule has 0 radical (unpaired) electrons. The lowest BCUT2D eigenvalue weighted by Gasteiger charge is -2.36. The first-order valence-electron chi connectivity index (χ1n) is 7.06. The maximum absolute atomic E-state index is 12.3. The van der Waals surface area contributed by atoms with Gasteiger partial charge in [0.05, 0.1) is 17.8 Å². The lowest BCUT2D eigenvalue weighted by molar-refractivity contribution is 0.0750. The largest absolute Gasteiger partial charge is 0.394 e. The molecular weight excluding hydrogens is 242 g/mol. The molecule has 1 aromatic rings. The quantitative estimate of drug-likeness (QED) is 0.865. The van der Waals surface area contributed by atoms with Gasteiger partial charge in [-0.25, -0.2) is 0 Å². The van der Waals surface area contributed by atoms with E-state index < -0.39 is 5.54 Å². The highest BCUT2D eigenvalue weighted by Crippen LogP contribution is 2.28. The highest BCUT2D eigenvalue weighted by Gasteiger charge is 2.33. The number of nitrogens with zero attached hydrogens (tertiary/aromatic N) is 2. The molecule has 0 saturated heterocycles. The fourth-order valence-electron chi connectivity index (χ4n) is 2.77. The first-order chi connectivity index (χ1) is 9.10. The summed E-state index contributed by atoms with van der Waals surface area (Å²) in [6.45, 7) is 2.03. The maximum Gasteiger partial charge on any atom is 0.270 e. The van der Waals surface area contributed by atoms with Gasteiger partial charge in [0.2, 0.25) is 0 Å². The third-order valence-corrected chi connectivity index (χ3v) is 4.02. The van der Waals surface area contributed by atoms with Gasteiger partial charge in [-0.15, -0.1) is 0 Å². The van der Waals surface area contributed by atoms with Crippen LogP contribution >= 0.6 is 0 Å². The Morgan fingerprint density at radius 2 is 2.16 bits per heavy atom. The molecule has 0 bridgehead atoms. The van der Waals surface area contributed by atoms with Crippen molar-refractivity contribution < 1.29 is 9.90 Å². The Morgan fingerprint density at radius 3 is 2.68 bits per heavy atom. The minimum absolute atomic E-state index is 0.0111.